The average Bonchev–Trinajstić information content (AvgIpc) is 2.42. The van der Waals surface area contributed by atoms with Crippen molar-refractivity contribution >= 4 is 23.2 Å². The van der Waals surface area contributed by atoms with Crippen LogP contribution in [0.3, 0.4) is 0 Å². The number of carbonyl (C=O) groups is 1. The van der Waals surface area contributed by atoms with E-state index >= 15 is 0 Å². The summed E-state index contributed by atoms with van der Waals surface area (Å²) in [6.07, 6.45) is -4.93. The first-order valence-electron chi connectivity index (χ1n) is 6.74. The van der Waals surface area contributed by atoms with E-state index in [2.05, 4.69) is 0 Å². The van der Waals surface area contributed by atoms with E-state index in [1.165, 1.54) is 6.07 Å². The van der Waals surface area contributed by atoms with Gasteiger partial charge in [0.15, 0.2) is 0 Å². The highest BCUT2D eigenvalue weighted by Gasteiger charge is 2.39. The molecule has 4 nitrogen and oxygen atoms in total. The van der Waals surface area contributed by atoms with Crippen LogP contribution in [0.15, 0.2) is 12.1 Å². The number of ether oxygens (including phenoxy) is 1. The second-order valence-corrected chi connectivity index (χ2v) is 5.53. The molecule has 0 bridgehead atoms. The van der Waals surface area contributed by atoms with Crippen LogP contribution in [0.25, 0.3) is 0 Å². The summed E-state index contributed by atoms with van der Waals surface area (Å²) in [5, 5.41) is 2.38. The molecule has 0 spiro atoms. The topological polar surface area (TPSA) is 41.6 Å². The van der Waals surface area contributed by atoms with Crippen molar-refractivity contribution in [2.45, 2.75) is 19.6 Å². The number of amides is 1. The fourth-order valence-electron chi connectivity index (χ4n) is 2.30. The van der Waals surface area contributed by atoms with E-state index < -0.39 is 12.1 Å². The van der Waals surface area contributed by atoms with Crippen molar-refractivity contribution in [2.75, 3.05) is 31.6 Å². The third-order valence-electron chi connectivity index (χ3n) is 3.38. The summed E-state index contributed by atoms with van der Waals surface area (Å²) in [6, 6.07) is 3.10. The number of nitrogens with one attached hydrogen (secondary N) is 1. The first-order chi connectivity index (χ1) is 10.3. The summed E-state index contributed by atoms with van der Waals surface area (Å²) in [5.41, 5.74) is 1.22. The van der Waals surface area contributed by atoms with Crippen molar-refractivity contribution in [1.82, 2.24) is 4.90 Å². The van der Waals surface area contributed by atoms with E-state index in [-0.39, 0.29) is 5.69 Å². The second kappa shape index (κ2) is 6.85. The number of anilines is 1. The molecule has 0 unspecified atom stereocenters. The predicted octanol–water partition coefficient (Wildman–Crippen LogP) is 2.98. The van der Waals surface area contributed by atoms with Crippen LogP contribution in [-0.2, 0) is 16.1 Å². The Bertz CT molecular complexity index is 558. The number of benzene rings is 1. The van der Waals surface area contributed by atoms with Crippen molar-refractivity contribution in [3.8, 4) is 0 Å². The molecule has 1 heterocycles. The lowest BCUT2D eigenvalue weighted by Gasteiger charge is -2.28. The van der Waals surface area contributed by atoms with Gasteiger partial charge in [-0.2, -0.15) is 13.2 Å². The number of carbonyl (C=O) groups excluding carboxylic acids is 1. The normalized spacial score (nSPS) is 16.6. The molecule has 0 aromatic heterocycles. The number of alkyl halides is 3. The molecule has 0 saturated carbocycles. The Morgan fingerprint density at radius 2 is 2.00 bits per heavy atom. The van der Waals surface area contributed by atoms with Crippen molar-refractivity contribution in [2.24, 2.45) is 0 Å². The van der Waals surface area contributed by atoms with E-state index in [1.807, 2.05) is 10.2 Å². The summed E-state index contributed by atoms with van der Waals surface area (Å²) < 4.78 is 42.7. The third kappa shape index (κ3) is 4.34. The molecule has 1 N–H and O–H groups in total. The molecule has 22 heavy (non-hydrogen) atoms. The molecule has 0 atom stereocenters. The number of aryl methyl sites for hydroxylation is 1. The molecule has 1 aromatic rings. The van der Waals surface area contributed by atoms with Crippen LogP contribution in [0, 0.1) is 6.92 Å². The van der Waals surface area contributed by atoms with Crippen molar-refractivity contribution in [1.29, 1.82) is 0 Å². The number of rotatable bonds is 3. The van der Waals surface area contributed by atoms with Crippen molar-refractivity contribution < 1.29 is 22.7 Å². The van der Waals surface area contributed by atoms with Crippen LogP contribution in [0.1, 0.15) is 11.1 Å². The van der Waals surface area contributed by atoms with E-state index in [0.29, 0.717) is 49.0 Å². The first kappa shape index (κ1) is 17.1. The molecule has 1 aliphatic heterocycles. The Morgan fingerprint density at radius 3 is 2.59 bits per heavy atom. The Morgan fingerprint density at radius 1 is 1.36 bits per heavy atom. The van der Waals surface area contributed by atoms with Gasteiger partial charge in [-0.3, -0.25) is 9.69 Å². The summed E-state index contributed by atoms with van der Waals surface area (Å²) in [5.74, 6) is -1.99. The number of hydrogen-bond acceptors (Lipinski definition) is 3. The van der Waals surface area contributed by atoms with Gasteiger partial charge in [0.25, 0.3) is 0 Å². The van der Waals surface area contributed by atoms with Gasteiger partial charge in [-0.15, -0.1) is 0 Å². The lowest BCUT2D eigenvalue weighted by Crippen LogP contribution is -2.36. The number of halogens is 4. The van der Waals surface area contributed by atoms with Gasteiger partial charge in [-0.05, 0) is 30.2 Å². The third-order valence-corrected chi connectivity index (χ3v) is 3.59. The molecule has 0 radical (unpaired) electrons. The van der Waals surface area contributed by atoms with Crippen molar-refractivity contribution in [3.63, 3.8) is 0 Å². The molecule has 122 valence electrons. The molecular formula is C14H16ClF3N2O2. The Balaban J connectivity index is 2.25. The largest absolute Gasteiger partial charge is 0.471 e. The fourth-order valence-corrected chi connectivity index (χ4v) is 2.60. The number of hydrogen-bond donors (Lipinski definition) is 1. The summed E-state index contributed by atoms with van der Waals surface area (Å²) >= 11 is 5.99. The highest BCUT2D eigenvalue weighted by Crippen LogP contribution is 2.29. The van der Waals surface area contributed by atoms with Gasteiger partial charge in [-0.1, -0.05) is 11.6 Å². The van der Waals surface area contributed by atoms with Crippen LogP contribution in [0.4, 0.5) is 18.9 Å². The highest BCUT2D eigenvalue weighted by atomic mass is 35.5. The average molecular weight is 337 g/mol. The Kier molecular flexibility index (Phi) is 5.31. The van der Waals surface area contributed by atoms with Gasteiger partial charge in [0.1, 0.15) is 0 Å². The molecule has 1 aliphatic rings. The molecule has 1 aromatic carbocycles. The number of nitrogens with zero attached hydrogens (tertiary/aromatic N) is 1. The zero-order chi connectivity index (χ0) is 16.3. The zero-order valence-electron chi connectivity index (χ0n) is 12.0. The molecular weight excluding hydrogens is 321 g/mol. The van der Waals surface area contributed by atoms with Crippen LogP contribution >= 0.6 is 11.6 Å². The van der Waals surface area contributed by atoms with Crippen LogP contribution in [0.5, 0.6) is 0 Å². The summed E-state index contributed by atoms with van der Waals surface area (Å²) in [4.78, 5) is 13.3. The Hall–Kier alpha value is -1.31. The monoisotopic (exact) mass is 336 g/mol. The minimum atomic E-state index is -4.93. The maximum Gasteiger partial charge on any atom is 0.471 e. The summed E-state index contributed by atoms with van der Waals surface area (Å²) in [7, 11) is 0. The first-order valence-corrected chi connectivity index (χ1v) is 7.12. The Labute approximate surface area is 131 Å². The molecule has 2 rings (SSSR count). The van der Waals surface area contributed by atoms with Gasteiger partial charge < -0.3 is 10.1 Å². The standard InChI is InChI=1S/C14H16ClF3N2O2/c1-9-6-11(15)7-10(8-20-2-4-22-5-3-20)12(9)19-13(21)14(16,17)18/h6-7H,2-5,8H2,1H3,(H,19,21). The lowest BCUT2D eigenvalue weighted by atomic mass is 10.1. The predicted molar refractivity (Wildman–Crippen MR) is 77.0 cm³/mol. The number of morpholine rings is 1. The maximum atomic E-state index is 12.5. The molecule has 1 amide bonds. The minimum absolute atomic E-state index is 0.165. The van der Waals surface area contributed by atoms with E-state index in [4.69, 9.17) is 16.3 Å². The van der Waals surface area contributed by atoms with Gasteiger partial charge in [0, 0.05) is 30.3 Å². The maximum absolute atomic E-state index is 12.5. The van der Waals surface area contributed by atoms with Crippen LogP contribution in [0.2, 0.25) is 5.02 Å². The van der Waals surface area contributed by atoms with Gasteiger partial charge in [-0.25, -0.2) is 0 Å². The molecule has 1 saturated heterocycles. The minimum Gasteiger partial charge on any atom is -0.379 e. The fraction of sp³-hybridized carbons (Fsp3) is 0.500. The van der Waals surface area contributed by atoms with E-state index in [1.54, 1.807) is 13.0 Å². The van der Waals surface area contributed by atoms with Gasteiger partial charge in [0.05, 0.1) is 13.2 Å². The summed E-state index contributed by atoms with van der Waals surface area (Å²) in [6.45, 7) is 4.52. The van der Waals surface area contributed by atoms with E-state index in [0.717, 1.165) is 0 Å². The second-order valence-electron chi connectivity index (χ2n) is 5.10. The quantitative estimate of drug-likeness (QED) is 0.922. The van der Waals surface area contributed by atoms with Gasteiger partial charge in [0.2, 0.25) is 0 Å². The molecule has 8 heteroatoms. The van der Waals surface area contributed by atoms with E-state index in [9.17, 15) is 18.0 Å². The van der Waals surface area contributed by atoms with Gasteiger partial charge >= 0.3 is 12.1 Å². The van der Waals surface area contributed by atoms with Crippen LogP contribution < -0.4 is 5.32 Å². The smallest absolute Gasteiger partial charge is 0.379 e. The highest BCUT2D eigenvalue weighted by molar-refractivity contribution is 6.30. The zero-order valence-corrected chi connectivity index (χ0v) is 12.7. The van der Waals surface area contributed by atoms with Crippen LogP contribution in [-0.4, -0.2) is 43.3 Å². The SMILES string of the molecule is Cc1cc(Cl)cc(CN2CCOCC2)c1NC(=O)C(F)(F)F. The van der Waals surface area contributed by atoms with Crippen molar-refractivity contribution in [3.05, 3.63) is 28.3 Å². The molecule has 1 fully saturated rings. The molecule has 0 aliphatic carbocycles. The lowest BCUT2D eigenvalue weighted by molar-refractivity contribution is -0.167.